The third kappa shape index (κ3) is 3.57. The van der Waals surface area contributed by atoms with Crippen molar-refractivity contribution in [1.82, 2.24) is 0 Å². The van der Waals surface area contributed by atoms with Gasteiger partial charge >= 0.3 is 0 Å². The highest BCUT2D eigenvalue weighted by molar-refractivity contribution is 6.32. The third-order valence-electron chi connectivity index (χ3n) is 3.67. The Hall–Kier alpha value is -0.970. The number of halogens is 1. The second-order valence-corrected chi connectivity index (χ2v) is 5.44. The Kier molecular flexibility index (Phi) is 5.52. The molecule has 2 atom stereocenters. The normalized spacial score (nSPS) is 22.6. The molecule has 0 bridgehead atoms. The van der Waals surface area contributed by atoms with Gasteiger partial charge in [0, 0.05) is 13.5 Å². The highest BCUT2D eigenvalue weighted by Crippen LogP contribution is 2.38. The standard InChI is InChI=1S/C15H21ClO4/c1-18-11-4-3-5-12(8-11)20-15-13(16)6-10(9-17)7-14(15)19-2/h6-7,11-12,17H,3-5,8-9H2,1-2H3. The topological polar surface area (TPSA) is 47.9 Å². The molecule has 1 aromatic rings. The van der Waals surface area contributed by atoms with E-state index in [1.54, 1.807) is 26.4 Å². The van der Waals surface area contributed by atoms with Crippen molar-refractivity contribution in [3.63, 3.8) is 0 Å². The van der Waals surface area contributed by atoms with Gasteiger partial charge in [0.25, 0.3) is 0 Å². The minimum absolute atomic E-state index is 0.0778. The van der Waals surface area contributed by atoms with E-state index in [1.165, 1.54) is 0 Å². The average molecular weight is 301 g/mol. The Morgan fingerprint density at radius 2 is 2.00 bits per heavy atom. The van der Waals surface area contributed by atoms with Gasteiger partial charge in [0.05, 0.1) is 24.8 Å². The first kappa shape index (κ1) is 15.4. The maximum absolute atomic E-state index is 9.19. The Labute approximate surface area is 124 Å². The second-order valence-electron chi connectivity index (χ2n) is 5.03. The van der Waals surface area contributed by atoms with Crippen LogP contribution in [0.15, 0.2) is 12.1 Å². The van der Waals surface area contributed by atoms with E-state index < -0.39 is 0 Å². The Balaban J connectivity index is 2.15. The molecule has 2 unspecified atom stereocenters. The average Bonchev–Trinajstić information content (AvgIpc) is 2.49. The van der Waals surface area contributed by atoms with Crippen LogP contribution in [0.2, 0.25) is 5.02 Å². The van der Waals surface area contributed by atoms with Crippen LogP contribution in [0, 0.1) is 0 Å². The fourth-order valence-corrected chi connectivity index (χ4v) is 2.85. The third-order valence-corrected chi connectivity index (χ3v) is 3.95. The van der Waals surface area contributed by atoms with Crippen molar-refractivity contribution in [1.29, 1.82) is 0 Å². The van der Waals surface area contributed by atoms with Crippen molar-refractivity contribution in [2.24, 2.45) is 0 Å². The smallest absolute Gasteiger partial charge is 0.180 e. The van der Waals surface area contributed by atoms with Crippen LogP contribution in [0.3, 0.4) is 0 Å². The van der Waals surface area contributed by atoms with E-state index >= 15 is 0 Å². The molecule has 1 aliphatic carbocycles. The van der Waals surface area contributed by atoms with E-state index in [0.717, 1.165) is 25.7 Å². The van der Waals surface area contributed by atoms with E-state index in [2.05, 4.69) is 0 Å². The molecule has 0 aliphatic heterocycles. The lowest BCUT2D eigenvalue weighted by molar-refractivity contribution is 0.0202. The summed E-state index contributed by atoms with van der Waals surface area (Å²) in [6.45, 7) is -0.0778. The highest BCUT2D eigenvalue weighted by Gasteiger charge is 2.25. The Morgan fingerprint density at radius 1 is 1.25 bits per heavy atom. The predicted molar refractivity (Wildman–Crippen MR) is 77.6 cm³/mol. The van der Waals surface area contributed by atoms with Crippen molar-refractivity contribution >= 4 is 11.6 Å². The molecule has 0 aromatic heterocycles. The molecule has 1 aliphatic rings. The van der Waals surface area contributed by atoms with Gasteiger partial charge in [0.15, 0.2) is 11.5 Å². The van der Waals surface area contributed by atoms with E-state index in [0.29, 0.717) is 22.1 Å². The maximum Gasteiger partial charge on any atom is 0.180 e. The van der Waals surface area contributed by atoms with Gasteiger partial charge in [-0.05, 0) is 37.0 Å². The summed E-state index contributed by atoms with van der Waals surface area (Å²) in [7, 11) is 3.30. The number of rotatable bonds is 5. The zero-order chi connectivity index (χ0) is 14.5. The highest BCUT2D eigenvalue weighted by atomic mass is 35.5. The van der Waals surface area contributed by atoms with Gasteiger partial charge in [-0.1, -0.05) is 11.6 Å². The fourth-order valence-electron chi connectivity index (χ4n) is 2.57. The van der Waals surface area contributed by atoms with Crippen LogP contribution in [0.25, 0.3) is 0 Å². The molecule has 0 saturated heterocycles. The summed E-state index contributed by atoms with van der Waals surface area (Å²) in [4.78, 5) is 0. The lowest BCUT2D eigenvalue weighted by Crippen LogP contribution is -2.29. The van der Waals surface area contributed by atoms with E-state index in [1.807, 2.05) is 0 Å². The molecule has 0 amide bonds. The van der Waals surface area contributed by atoms with Crippen molar-refractivity contribution < 1.29 is 19.3 Å². The fraction of sp³-hybridized carbons (Fsp3) is 0.600. The van der Waals surface area contributed by atoms with Crippen molar-refractivity contribution in [3.05, 3.63) is 22.7 Å². The molecule has 0 radical (unpaired) electrons. The van der Waals surface area contributed by atoms with E-state index in [4.69, 9.17) is 25.8 Å². The number of methoxy groups -OCH3 is 2. The predicted octanol–water partition coefficient (Wildman–Crippen LogP) is 3.18. The molecular formula is C15H21ClO4. The van der Waals surface area contributed by atoms with Gasteiger partial charge in [-0.15, -0.1) is 0 Å². The molecule has 0 heterocycles. The zero-order valence-electron chi connectivity index (χ0n) is 11.9. The lowest BCUT2D eigenvalue weighted by Gasteiger charge is -2.29. The molecule has 112 valence electrons. The van der Waals surface area contributed by atoms with Crippen molar-refractivity contribution in [2.45, 2.75) is 44.5 Å². The molecule has 1 aromatic carbocycles. The van der Waals surface area contributed by atoms with Gasteiger partial charge in [0.1, 0.15) is 6.10 Å². The van der Waals surface area contributed by atoms with Crippen LogP contribution < -0.4 is 9.47 Å². The number of hydrogen-bond donors (Lipinski definition) is 1. The van der Waals surface area contributed by atoms with Crippen LogP contribution in [0.4, 0.5) is 0 Å². The van der Waals surface area contributed by atoms with Gasteiger partial charge in [0.2, 0.25) is 0 Å². The Bertz CT molecular complexity index is 450. The van der Waals surface area contributed by atoms with E-state index in [9.17, 15) is 5.11 Å². The first-order valence-corrected chi connectivity index (χ1v) is 7.22. The molecule has 2 rings (SSSR count). The lowest BCUT2D eigenvalue weighted by atomic mass is 9.95. The van der Waals surface area contributed by atoms with Crippen LogP contribution in [0.5, 0.6) is 11.5 Å². The molecule has 1 saturated carbocycles. The van der Waals surface area contributed by atoms with Crippen molar-refractivity contribution in [2.75, 3.05) is 14.2 Å². The largest absolute Gasteiger partial charge is 0.493 e. The monoisotopic (exact) mass is 300 g/mol. The number of hydrogen-bond acceptors (Lipinski definition) is 4. The molecular weight excluding hydrogens is 280 g/mol. The summed E-state index contributed by atoms with van der Waals surface area (Å²) in [6.07, 6.45) is 4.33. The minimum Gasteiger partial charge on any atom is -0.493 e. The molecule has 4 nitrogen and oxygen atoms in total. The number of benzene rings is 1. The number of aliphatic hydroxyl groups is 1. The van der Waals surface area contributed by atoms with Gasteiger partial charge in [-0.3, -0.25) is 0 Å². The second kappa shape index (κ2) is 7.16. The van der Waals surface area contributed by atoms with Crippen LogP contribution >= 0.6 is 11.6 Å². The van der Waals surface area contributed by atoms with Crippen LogP contribution in [-0.2, 0) is 11.3 Å². The zero-order valence-corrected chi connectivity index (χ0v) is 12.7. The first-order chi connectivity index (χ1) is 9.67. The summed E-state index contributed by atoms with van der Waals surface area (Å²) in [5, 5.41) is 9.66. The van der Waals surface area contributed by atoms with Gasteiger partial charge < -0.3 is 19.3 Å². The molecule has 20 heavy (non-hydrogen) atoms. The molecule has 1 fully saturated rings. The molecule has 0 spiro atoms. The molecule has 5 heteroatoms. The summed E-state index contributed by atoms with van der Waals surface area (Å²) < 4.78 is 16.7. The maximum atomic E-state index is 9.19. The quantitative estimate of drug-likeness (QED) is 0.907. The van der Waals surface area contributed by atoms with Crippen LogP contribution in [0.1, 0.15) is 31.2 Å². The summed E-state index contributed by atoms with van der Waals surface area (Å²) >= 11 is 6.23. The van der Waals surface area contributed by atoms with Gasteiger partial charge in [-0.25, -0.2) is 0 Å². The number of aliphatic hydroxyl groups excluding tert-OH is 1. The summed E-state index contributed by atoms with van der Waals surface area (Å²) in [5.74, 6) is 1.11. The Morgan fingerprint density at radius 3 is 2.65 bits per heavy atom. The summed E-state index contributed by atoms with van der Waals surface area (Å²) in [5.41, 5.74) is 0.706. The van der Waals surface area contributed by atoms with Crippen molar-refractivity contribution in [3.8, 4) is 11.5 Å². The van der Waals surface area contributed by atoms with Gasteiger partial charge in [-0.2, -0.15) is 0 Å². The van der Waals surface area contributed by atoms with E-state index in [-0.39, 0.29) is 18.8 Å². The minimum atomic E-state index is -0.0778. The SMILES string of the molecule is COc1cc(CO)cc(Cl)c1OC1CCCC(OC)C1. The molecule has 1 N–H and O–H groups in total. The number of ether oxygens (including phenoxy) is 3. The van der Waals surface area contributed by atoms with Crippen LogP contribution in [-0.4, -0.2) is 31.5 Å². The first-order valence-electron chi connectivity index (χ1n) is 6.84. The summed E-state index contributed by atoms with van der Waals surface area (Å²) in [6, 6.07) is 3.45.